The molecule has 16 heavy (non-hydrogen) atoms. The van der Waals surface area contributed by atoms with E-state index in [9.17, 15) is 14.7 Å². The highest BCUT2D eigenvalue weighted by molar-refractivity contribution is 5.93. The largest absolute Gasteiger partial charge is 0.478 e. The lowest BCUT2D eigenvalue weighted by atomic mass is 9.92. The van der Waals surface area contributed by atoms with Crippen molar-refractivity contribution in [1.29, 1.82) is 0 Å². The summed E-state index contributed by atoms with van der Waals surface area (Å²) in [5, 5.41) is 17.8. The molecular weight excluding hydrogens is 210 g/mol. The SMILES string of the molecule is C[C@H](O)C1CCN(C(=O)/C=C/C(=O)O)CC1. The van der Waals surface area contributed by atoms with Gasteiger partial charge in [-0.1, -0.05) is 0 Å². The number of carboxylic acids is 1. The van der Waals surface area contributed by atoms with Crippen LogP contribution in [-0.2, 0) is 9.59 Å². The number of piperidine rings is 1. The topological polar surface area (TPSA) is 77.8 Å². The first-order valence-electron chi connectivity index (χ1n) is 5.38. The van der Waals surface area contributed by atoms with Crippen molar-refractivity contribution < 1.29 is 19.8 Å². The monoisotopic (exact) mass is 227 g/mol. The third-order valence-corrected chi connectivity index (χ3v) is 2.90. The quantitative estimate of drug-likeness (QED) is 0.677. The van der Waals surface area contributed by atoms with Crippen LogP contribution in [0.2, 0.25) is 0 Å². The number of rotatable bonds is 3. The molecule has 1 saturated heterocycles. The van der Waals surface area contributed by atoms with E-state index in [0.29, 0.717) is 13.1 Å². The highest BCUT2D eigenvalue weighted by atomic mass is 16.4. The van der Waals surface area contributed by atoms with Crippen LogP contribution in [0.15, 0.2) is 12.2 Å². The predicted molar refractivity (Wildman–Crippen MR) is 57.8 cm³/mol. The van der Waals surface area contributed by atoms with Gasteiger partial charge in [0.05, 0.1) is 6.10 Å². The van der Waals surface area contributed by atoms with Gasteiger partial charge in [0.1, 0.15) is 0 Å². The van der Waals surface area contributed by atoms with E-state index in [1.165, 1.54) is 0 Å². The van der Waals surface area contributed by atoms with Gasteiger partial charge in [-0.05, 0) is 25.7 Å². The molecule has 90 valence electrons. The van der Waals surface area contributed by atoms with Gasteiger partial charge in [0.15, 0.2) is 0 Å². The maximum absolute atomic E-state index is 11.5. The van der Waals surface area contributed by atoms with Crippen molar-refractivity contribution in [3.8, 4) is 0 Å². The second kappa shape index (κ2) is 5.65. The molecule has 0 bridgehead atoms. The predicted octanol–water partition coefficient (Wildman–Crippen LogP) is 0.247. The van der Waals surface area contributed by atoms with Crippen LogP contribution in [0.3, 0.4) is 0 Å². The summed E-state index contributed by atoms with van der Waals surface area (Å²) in [5.74, 6) is -1.15. The fourth-order valence-electron chi connectivity index (χ4n) is 1.85. The molecule has 0 aromatic rings. The van der Waals surface area contributed by atoms with Gasteiger partial charge in [-0.3, -0.25) is 4.79 Å². The van der Waals surface area contributed by atoms with Crippen molar-refractivity contribution in [1.82, 2.24) is 4.90 Å². The average molecular weight is 227 g/mol. The van der Waals surface area contributed by atoms with Crippen LogP contribution in [0.25, 0.3) is 0 Å². The van der Waals surface area contributed by atoms with E-state index in [-0.39, 0.29) is 17.9 Å². The second-order valence-corrected chi connectivity index (χ2v) is 4.07. The van der Waals surface area contributed by atoms with Gasteiger partial charge in [0, 0.05) is 25.2 Å². The van der Waals surface area contributed by atoms with Crippen molar-refractivity contribution in [3.05, 3.63) is 12.2 Å². The lowest BCUT2D eigenvalue weighted by molar-refractivity contribution is -0.132. The van der Waals surface area contributed by atoms with Gasteiger partial charge < -0.3 is 15.1 Å². The van der Waals surface area contributed by atoms with E-state index < -0.39 is 5.97 Å². The Morgan fingerprint density at radius 2 is 1.88 bits per heavy atom. The molecule has 5 heteroatoms. The molecule has 1 amide bonds. The number of carbonyl (C=O) groups is 2. The molecule has 1 heterocycles. The highest BCUT2D eigenvalue weighted by Gasteiger charge is 2.24. The van der Waals surface area contributed by atoms with E-state index in [1.807, 2.05) is 0 Å². The smallest absolute Gasteiger partial charge is 0.328 e. The van der Waals surface area contributed by atoms with Crippen molar-refractivity contribution in [3.63, 3.8) is 0 Å². The molecule has 2 N–H and O–H groups in total. The van der Waals surface area contributed by atoms with Crippen LogP contribution in [-0.4, -0.2) is 46.2 Å². The Morgan fingerprint density at radius 1 is 1.31 bits per heavy atom. The summed E-state index contributed by atoms with van der Waals surface area (Å²) in [6, 6.07) is 0. The number of carboxylic acid groups (broad SMARTS) is 1. The lowest BCUT2D eigenvalue weighted by Gasteiger charge is -2.32. The first-order valence-corrected chi connectivity index (χ1v) is 5.38. The average Bonchev–Trinajstić information content (AvgIpc) is 2.26. The second-order valence-electron chi connectivity index (χ2n) is 4.07. The maximum atomic E-state index is 11.5. The summed E-state index contributed by atoms with van der Waals surface area (Å²) < 4.78 is 0. The summed E-state index contributed by atoms with van der Waals surface area (Å²) in [4.78, 5) is 23.3. The van der Waals surface area contributed by atoms with E-state index in [4.69, 9.17) is 5.11 Å². The Labute approximate surface area is 94.4 Å². The van der Waals surface area contributed by atoms with Gasteiger partial charge in [-0.15, -0.1) is 0 Å². The molecule has 0 unspecified atom stereocenters. The molecule has 1 fully saturated rings. The summed E-state index contributed by atoms with van der Waals surface area (Å²) >= 11 is 0. The van der Waals surface area contributed by atoms with Crippen molar-refractivity contribution in [2.45, 2.75) is 25.9 Å². The lowest BCUT2D eigenvalue weighted by Crippen LogP contribution is -2.40. The molecular formula is C11H17NO4. The van der Waals surface area contributed by atoms with Gasteiger partial charge in [-0.25, -0.2) is 4.79 Å². The Bertz CT molecular complexity index is 290. The molecule has 0 aromatic carbocycles. The molecule has 1 rings (SSSR count). The Hall–Kier alpha value is -1.36. The van der Waals surface area contributed by atoms with Crippen LogP contribution in [0, 0.1) is 5.92 Å². The standard InChI is InChI=1S/C11H17NO4/c1-8(13)9-4-6-12(7-5-9)10(14)2-3-11(15)16/h2-3,8-9,13H,4-7H2,1H3,(H,15,16)/b3-2+/t8-/m0/s1. The van der Waals surface area contributed by atoms with Crippen LogP contribution in [0.1, 0.15) is 19.8 Å². The third kappa shape index (κ3) is 3.66. The normalized spacial score (nSPS) is 20.0. The van der Waals surface area contributed by atoms with Crippen LogP contribution in [0.4, 0.5) is 0 Å². The minimum absolute atomic E-state index is 0.243. The molecule has 0 spiro atoms. The first kappa shape index (κ1) is 12.7. The number of aliphatic hydroxyl groups excluding tert-OH is 1. The summed E-state index contributed by atoms with van der Waals surface area (Å²) in [6.07, 6.45) is 3.12. The van der Waals surface area contributed by atoms with Crippen LogP contribution >= 0.6 is 0 Å². The zero-order valence-corrected chi connectivity index (χ0v) is 9.30. The molecule has 0 aliphatic carbocycles. The van der Waals surface area contributed by atoms with Gasteiger partial charge in [-0.2, -0.15) is 0 Å². The third-order valence-electron chi connectivity index (χ3n) is 2.90. The summed E-state index contributed by atoms with van der Waals surface area (Å²) in [7, 11) is 0. The Balaban J connectivity index is 2.42. The molecule has 0 radical (unpaired) electrons. The fraction of sp³-hybridized carbons (Fsp3) is 0.636. The Morgan fingerprint density at radius 3 is 2.31 bits per heavy atom. The van der Waals surface area contributed by atoms with Gasteiger partial charge in [0.2, 0.25) is 5.91 Å². The van der Waals surface area contributed by atoms with E-state index in [0.717, 1.165) is 25.0 Å². The molecule has 0 saturated carbocycles. The van der Waals surface area contributed by atoms with Gasteiger partial charge >= 0.3 is 5.97 Å². The summed E-state index contributed by atoms with van der Waals surface area (Å²) in [5.41, 5.74) is 0. The number of nitrogens with zero attached hydrogens (tertiary/aromatic N) is 1. The number of carbonyl (C=O) groups excluding carboxylic acids is 1. The number of aliphatic carboxylic acids is 1. The molecule has 1 aliphatic heterocycles. The highest BCUT2D eigenvalue weighted by Crippen LogP contribution is 2.20. The van der Waals surface area contributed by atoms with Crippen molar-refractivity contribution in [2.75, 3.05) is 13.1 Å². The van der Waals surface area contributed by atoms with Crippen molar-refractivity contribution in [2.24, 2.45) is 5.92 Å². The zero-order chi connectivity index (χ0) is 12.1. The molecule has 1 aliphatic rings. The number of likely N-dealkylation sites (tertiary alicyclic amines) is 1. The molecule has 0 aromatic heterocycles. The van der Waals surface area contributed by atoms with Crippen LogP contribution < -0.4 is 0 Å². The number of aliphatic hydroxyl groups is 1. The number of hydrogen-bond donors (Lipinski definition) is 2. The Kier molecular flexibility index (Phi) is 4.49. The molecule has 1 atom stereocenters. The van der Waals surface area contributed by atoms with E-state index in [2.05, 4.69) is 0 Å². The van der Waals surface area contributed by atoms with E-state index >= 15 is 0 Å². The molecule has 5 nitrogen and oxygen atoms in total. The zero-order valence-electron chi connectivity index (χ0n) is 9.30. The van der Waals surface area contributed by atoms with Crippen LogP contribution in [0.5, 0.6) is 0 Å². The minimum atomic E-state index is -1.12. The minimum Gasteiger partial charge on any atom is -0.478 e. The van der Waals surface area contributed by atoms with Crippen molar-refractivity contribution >= 4 is 11.9 Å². The number of amides is 1. The first-order chi connectivity index (χ1) is 7.50. The maximum Gasteiger partial charge on any atom is 0.328 e. The fourth-order valence-corrected chi connectivity index (χ4v) is 1.85. The van der Waals surface area contributed by atoms with Gasteiger partial charge in [0.25, 0.3) is 0 Å². The summed E-state index contributed by atoms with van der Waals surface area (Å²) in [6.45, 7) is 2.92. The van der Waals surface area contributed by atoms with E-state index in [1.54, 1.807) is 11.8 Å². The number of hydrogen-bond acceptors (Lipinski definition) is 3.